The monoisotopic (exact) mass is 357 g/mol. The van der Waals surface area contributed by atoms with Gasteiger partial charge in [0.2, 0.25) is 5.78 Å². The van der Waals surface area contributed by atoms with Crippen molar-refractivity contribution in [3.05, 3.63) is 71.0 Å². The number of halogens is 1. The smallest absolute Gasteiger partial charge is 0.326 e. The predicted molar refractivity (Wildman–Crippen MR) is 94.4 cm³/mol. The molecule has 2 rings (SSSR count). The zero-order valence-corrected chi connectivity index (χ0v) is 14.6. The molecular formula is C20H20FNO4. The van der Waals surface area contributed by atoms with Crippen LogP contribution in [-0.2, 0) is 16.0 Å². The van der Waals surface area contributed by atoms with E-state index in [0.717, 1.165) is 18.1 Å². The summed E-state index contributed by atoms with van der Waals surface area (Å²) in [5.41, 5.74) is 1.65. The molecule has 0 aromatic heterocycles. The van der Waals surface area contributed by atoms with E-state index in [9.17, 15) is 18.8 Å². The van der Waals surface area contributed by atoms with Gasteiger partial charge in [-0.2, -0.15) is 0 Å². The van der Waals surface area contributed by atoms with Crippen LogP contribution in [0.4, 0.5) is 4.39 Å². The second-order valence-electron chi connectivity index (χ2n) is 5.74. The van der Waals surface area contributed by atoms with Crippen molar-refractivity contribution in [2.24, 2.45) is 0 Å². The first-order valence-electron chi connectivity index (χ1n) is 8.27. The van der Waals surface area contributed by atoms with Crippen molar-refractivity contribution < 1.29 is 23.5 Å². The molecule has 26 heavy (non-hydrogen) atoms. The lowest BCUT2D eigenvalue weighted by atomic mass is 10.0. The lowest BCUT2D eigenvalue weighted by Crippen LogP contribution is -2.34. The van der Waals surface area contributed by atoms with Crippen LogP contribution in [0, 0.1) is 5.82 Å². The molecule has 0 radical (unpaired) electrons. The van der Waals surface area contributed by atoms with Crippen LogP contribution in [0.3, 0.4) is 0 Å². The maximum Gasteiger partial charge on any atom is 0.326 e. The molecular weight excluding hydrogens is 337 g/mol. The molecule has 1 atom stereocenters. The maximum absolute atomic E-state index is 13.1. The van der Waals surface area contributed by atoms with Gasteiger partial charge in [0, 0.05) is 11.1 Å². The summed E-state index contributed by atoms with van der Waals surface area (Å²) in [6, 6.07) is 12.2. The molecule has 2 aromatic rings. The highest BCUT2D eigenvalue weighted by molar-refractivity contribution is 6.00. The minimum absolute atomic E-state index is 0.0953. The number of Topliss-reactive ketones (excluding diaryl/α,β-unsaturated/α-hetero) is 1. The third-order valence-corrected chi connectivity index (χ3v) is 3.80. The van der Waals surface area contributed by atoms with E-state index >= 15 is 0 Å². The third kappa shape index (κ3) is 5.24. The molecule has 0 saturated heterocycles. The van der Waals surface area contributed by atoms with Gasteiger partial charge in [0.1, 0.15) is 12.4 Å². The number of ketones is 1. The SMILES string of the molecule is CCc1ccc(C(=O)[C@H](C)OC(=O)CNC(=O)c2cccc(F)c2)cc1. The fourth-order valence-electron chi connectivity index (χ4n) is 2.32. The number of hydrogen-bond acceptors (Lipinski definition) is 4. The minimum Gasteiger partial charge on any atom is -0.453 e. The van der Waals surface area contributed by atoms with Crippen LogP contribution in [0.5, 0.6) is 0 Å². The molecule has 0 unspecified atom stereocenters. The van der Waals surface area contributed by atoms with E-state index in [1.165, 1.54) is 25.1 Å². The van der Waals surface area contributed by atoms with Crippen molar-refractivity contribution in [2.45, 2.75) is 26.4 Å². The molecule has 1 amide bonds. The molecule has 0 heterocycles. The average Bonchev–Trinajstić information content (AvgIpc) is 2.65. The van der Waals surface area contributed by atoms with Crippen LogP contribution in [0.1, 0.15) is 40.1 Å². The highest BCUT2D eigenvalue weighted by Gasteiger charge is 2.20. The number of amides is 1. The van der Waals surface area contributed by atoms with Crippen molar-refractivity contribution in [3.8, 4) is 0 Å². The Morgan fingerprint density at radius 2 is 1.77 bits per heavy atom. The van der Waals surface area contributed by atoms with Crippen LogP contribution in [-0.4, -0.2) is 30.3 Å². The number of esters is 1. The lowest BCUT2D eigenvalue weighted by molar-refractivity contribution is -0.145. The van der Waals surface area contributed by atoms with Crippen molar-refractivity contribution >= 4 is 17.7 Å². The second-order valence-corrected chi connectivity index (χ2v) is 5.74. The van der Waals surface area contributed by atoms with Crippen molar-refractivity contribution in [2.75, 3.05) is 6.54 Å². The first kappa shape index (κ1) is 19.3. The van der Waals surface area contributed by atoms with E-state index in [0.29, 0.717) is 5.56 Å². The highest BCUT2D eigenvalue weighted by atomic mass is 19.1. The Labute approximate surface area is 151 Å². The Morgan fingerprint density at radius 3 is 2.38 bits per heavy atom. The van der Waals surface area contributed by atoms with E-state index < -0.39 is 30.3 Å². The van der Waals surface area contributed by atoms with Gasteiger partial charge in [-0.05, 0) is 37.1 Å². The fourth-order valence-corrected chi connectivity index (χ4v) is 2.32. The molecule has 0 aliphatic carbocycles. The highest BCUT2D eigenvalue weighted by Crippen LogP contribution is 2.10. The standard InChI is InChI=1S/C20H20FNO4/c1-3-14-7-9-15(10-8-14)19(24)13(2)26-18(23)12-22-20(25)16-5-4-6-17(21)11-16/h4-11,13H,3,12H2,1-2H3,(H,22,25)/t13-/m0/s1. The topological polar surface area (TPSA) is 72.5 Å². The molecule has 0 aliphatic rings. The van der Waals surface area contributed by atoms with Crippen molar-refractivity contribution in [1.29, 1.82) is 0 Å². The third-order valence-electron chi connectivity index (χ3n) is 3.80. The minimum atomic E-state index is -0.971. The molecule has 0 saturated carbocycles. The van der Waals surface area contributed by atoms with Gasteiger partial charge in [-0.25, -0.2) is 4.39 Å². The van der Waals surface area contributed by atoms with Crippen LogP contribution in [0.2, 0.25) is 0 Å². The number of carbonyl (C=O) groups excluding carboxylic acids is 3. The Morgan fingerprint density at radius 1 is 1.08 bits per heavy atom. The Hall–Kier alpha value is -3.02. The first-order chi connectivity index (χ1) is 12.4. The largest absolute Gasteiger partial charge is 0.453 e. The number of nitrogens with one attached hydrogen (secondary N) is 1. The van der Waals surface area contributed by atoms with Crippen molar-refractivity contribution in [3.63, 3.8) is 0 Å². The van der Waals surface area contributed by atoms with Crippen LogP contribution in [0.25, 0.3) is 0 Å². The zero-order valence-electron chi connectivity index (χ0n) is 14.6. The summed E-state index contributed by atoms with van der Waals surface area (Å²) in [6.07, 6.45) is -0.106. The van der Waals surface area contributed by atoms with Crippen molar-refractivity contribution in [1.82, 2.24) is 5.32 Å². The first-order valence-corrected chi connectivity index (χ1v) is 8.27. The normalized spacial score (nSPS) is 11.5. The number of aryl methyl sites for hydroxylation is 1. The summed E-state index contributed by atoms with van der Waals surface area (Å²) in [5.74, 6) is -2.22. The van der Waals surface area contributed by atoms with E-state index in [-0.39, 0.29) is 11.3 Å². The van der Waals surface area contributed by atoms with Gasteiger partial charge >= 0.3 is 5.97 Å². The van der Waals surface area contributed by atoms with Gasteiger partial charge in [-0.15, -0.1) is 0 Å². The lowest BCUT2D eigenvalue weighted by Gasteiger charge is -2.13. The molecule has 136 valence electrons. The molecule has 1 N–H and O–H groups in total. The summed E-state index contributed by atoms with van der Waals surface area (Å²) in [7, 11) is 0. The molecule has 5 nitrogen and oxygen atoms in total. The van der Waals surface area contributed by atoms with E-state index in [1.807, 2.05) is 19.1 Å². The van der Waals surface area contributed by atoms with E-state index in [1.54, 1.807) is 12.1 Å². The molecule has 0 fully saturated rings. The second kappa shape index (κ2) is 8.89. The Bertz CT molecular complexity index is 802. The Kier molecular flexibility index (Phi) is 6.60. The molecule has 6 heteroatoms. The zero-order chi connectivity index (χ0) is 19.1. The van der Waals surface area contributed by atoms with E-state index in [2.05, 4.69) is 5.32 Å². The van der Waals surface area contributed by atoms with Gasteiger partial charge in [0.05, 0.1) is 0 Å². The summed E-state index contributed by atoms with van der Waals surface area (Å²) in [6.45, 7) is 3.07. The van der Waals surface area contributed by atoms with E-state index in [4.69, 9.17) is 4.74 Å². The molecule has 0 spiro atoms. The summed E-state index contributed by atoms with van der Waals surface area (Å²) in [4.78, 5) is 36.0. The summed E-state index contributed by atoms with van der Waals surface area (Å²) >= 11 is 0. The molecule has 2 aromatic carbocycles. The van der Waals surface area contributed by atoms with Gasteiger partial charge < -0.3 is 10.1 Å². The summed E-state index contributed by atoms with van der Waals surface area (Å²) < 4.78 is 18.1. The quantitative estimate of drug-likeness (QED) is 0.611. The number of benzene rings is 2. The van der Waals surface area contributed by atoms with Gasteiger partial charge in [-0.3, -0.25) is 14.4 Å². The van der Waals surface area contributed by atoms with Crippen LogP contribution in [0.15, 0.2) is 48.5 Å². The van der Waals surface area contributed by atoms with Gasteiger partial charge in [-0.1, -0.05) is 37.3 Å². The molecule has 0 bridgehead atoms. The number of rotatable bonds is 7. The van der Waals surface area contributed by atoms with Gasteiger partial charge in [0.15, 0.2) is 6.10 Å². The summed E-state index contributed by atoms with van der Waals surface area (Å²) in [5, 5.41) is 2.33. The predicted octanol–water partition coefficient (Wildman–Crippen LogP) is 2.93. The number of hydrogen-bond donors (Lipinski definition) is 1. The van der Waals surface area contributed by atoms with Crippen LogP contribution >= 0.6 is 0 Å². The number of carbonyl (C=O) groups is 3. The molecule has 0 aliphatic heterocycles. The van der Waals surface area contributed by atoms with Crippen LogP contribution < -0.4 is 5.32 Å². The maximum atomic E-state index is 13.1. The average molecular weight is 357 g/mol. The Balaban J connectivity index is 1.86. The van der Waals surface area contributed by atoms with Gasteiger partial charge in [0.25, 0.3) is 5.91 Å². The fraction of sp³-hybridized carbons (Fsp3) is 0.250. The number of ether oxygens (including phenoxy) is 1.